The SMILES string of the molecule is C=CCn1c(C)nnc1SCC(=O)Nc1ccc(NC(C)=O)cc1. The van der Waals surface area contributed by atoms with E-state index in [2.05, 4.69) is 27.4 Å². The van der Waals surface area contributed by atoms with E-state index in [9.17, 15) is 9.59 Å². The van der Waals surface area contributed by atoms with Crippen LogP contribution in [0.25, 0.3) is 0 Å². The Bertz CT molecular complexity index is 739. The molecule has 1 heterocycles. The fourth-order valence-electron chi connectivity index (χ4n) is 1.97. The Balaban J connectivity index is 1.89. The number of rotatable bonds is 7. The normalized spacial score (nSPS) is 10.2. The largest absolute Gasteiger partial charge is 0.326 e. The molecule has 24 heavy (non-hydrogen) atoms. The van der Waals surface area contributed by atoms with Gasteiger partial charge in [-0.25, -0.2) is 0 Å². The van der Waals surface area contributed by atoms with Crippen LogP contribution >= 0.6 is 11.8 Å². The van der Waals surface area contributed by atoms with Crippen LogP contribution in [0.3, 0.4) is 0 Å². The van der Waals surface area contributed by atoms with Gasteiger partial charge in [-0.15, -0.1) is 16.8 Å². The van der Waals surface area contributed by atoms with Crippen molar-refractivity contribution in [1.29, 1.82) is 0 Å². The molecule has 1 aromatic heterocycles. The second kappa shape index (κ2) is 8.30. The molecule has 0 atom stereocenters. The maximum absolute atomic E-state index is 12.0. The van der Waals surface area contributed by atoms with E-state index in [0.29, 0.717) is 23.1 Å². The van der Waals surface area contributed by atoms with Crippen molar-refractivity contribution in [2.75, 3.05) is 16.4 Å². The number of aryl methyl sites for hydroxylation is 1. The third-order valence-corrected chi connectivity index (χ3v) is 4.00. The smallest absolute Gasteiger partial charge is 0.234 e. The molecule has 7 nitrogen and oxygen atoms in total. The maximum Gasteiger partial charge on any atom is 0.234 e. The Morgan fingerprint density at radius 2 is 1.83 bits per heavy atom. The third-order valence-electron chi connectivity index (χ3n) is 3.03. The second-order valence-electron chi connectivity index (χ2n) is 5.02. The minimum atomic E-state index is -0.141. The topological polar surface area (TPSA) is 88.9 Å². The summed E-state index contributed by atoms with van der Waals surface area (Å²) in [6.45, 7) is 7.61. The van der Waals surface area contributed by atoms with Gasteiger partial charge in [0.05, 0.1) is 5.75 Å². The quantitative estimate of drug-likeness (QED) is 0.594. The van der Waals surface area contributed by atoms with Crippen molar-refractivity contribution in [2.45, 2.75) is 25.5 Å². The minimum Gasteiger partial charge on any atom is -0.326 e. The van der Waals surface area contributed by atoms with Crippen LogP contribution in [0.4, 0.5) is 11.4 Å². The van der Waals surface area contributed by atoms with Crippen molar-refractivity contribution in [2.24, 2.45) is 0 Å². The lowest BCUT2D eigenvalue weighted by Gasteiger charge is -2.07. The van der Waals surface area contributed by atoms with Gasteiger partial charge in [0.2, 0.25) is 11.8 Å². The Kier molecular flexibility index (Phi) is 6.14. The molecule has 126 valence electrons. The number of carbonyl (C=O) groups excluding carboxylic acids is 2. The molecular weight excluding hydrogens is 326 g/mol. The summed E-state index contributed by atoms with van der Waals surface area (Å²) in [5.74, 6) is 0.731. The Morgan fingerprint density at radius 1 is 1.21 bits per heavy atom. The molecule has 2 aromatic rings. The average Bonchev–Trinajstić information content (AvgIpc) is 2.88. The molecule has 0 fully saturated rings. The number of nitrogens with one attached hydrogen (secondary N) is 2. The first kappa shape index (κ1) is 17.7. The summed E-state index contributed by atoms with van der Waals surface area (Å²) in [6.07, 6.45) is 1.76. The van der Waals surface area contributed by atoms with Crippen molar-refractivity contribution >= 4 is 35.0 Å². The summed E-state index contributed by atoms with van der Waals surface area (Å²) >= 11 is 1.32. The predicted octanol–water partition coefficient (Wildman–Crippen LogP) is 2.46. The fourth-order valence-corrected chi connectivity index (χ4v) is 2.77. The van der Waals surface area contributed by atoms with Gasteiger partial charge in [0.25, 0.3) is 0 Å². The van der Waals surface area contributed by atoms with E-state index >= 15 is 0 Å². The number of anilines is 2. The van der Waals surface area contributed by atoms with E-state index in [1.54, 1.807) is 30.3 Å². The molecule has 1 aromatic carbocycles. The second-order valence-corrected chi connectivity index (χ2v) is 5.97. The molecule has 8 heteroatoms. The average molecular weight is 345 g/mol. The van der Waals surface area contributed by atoms with Crippen molar-refractivity contribution < 1.29 is 9.59 Å². The highest BCUT2D eigenvalue weighted by Crippen LogP contribution is 2.18. The Labute approximate surface area is 144 Å². The van der Waals surface area contributed by atoms with E-state index in [0.717, 1.165) is 5.82 Å². The monoisotopic (exact) mass is 345 g/mol. The molecule has 0 aliphatic heterocycles. The van der Waals surface area contributed by atoms with Gasteiger partial charge in [-0.05, 0) is 31.2 Å². The van der Waals surface area contributed by atoms with Crippen molar-refractivity contribution in [3.8, 4) is 0 Å². The lowest BCUT2D eigenvalue weighted by molar-refractivity contribution is -0.114. The number of aromatic nitrogens is 3. The highest BCUT2D eigenvalue weighted by Gasteiger charge is 2.11. The van der Waals surface area contributed by atoms with E-state index in [4.69, 9.17) is 0 Å². The number of hydrogen-bond acceptors (Lipinski definition) is 5. The molecular formula is C16H19N5O2S. The summed E-state index contributed by atoms with van der Waals surface area (Å²) in [5, 5.41) is 14.2. The maximum atomic E-state index is 12.0. The molecule has 2 amide bonds. The minimum absolute atomic E-state index is 0.137. The van der Waals surface area contributed by atoms with Crippen LogP contribution in [0.5, 0.6) is 0 Å². The molecule has 0 aliphatic rings. The van der Waals surface area contributed by atoms with Crippen LogP contribution in [0.2, 0.25) is 0 Å². The lowest BCUT2D eigenvalue weighted by atomic mass is 10.3. The number of carbonyl (C=O) groups is 2. The van der Waals surface area contributed by atoms with Gasteiger partial charge in [-0.2, -0.15) is 0 Å². The van der Waals surface area contributed by atoms with Crippen LogP contribution < -0.4 is 10.6 Å². The summed E-state index contributed by atoms with van der Waals surface area (Å²) in [7, 11) is 0. The molecule has 2 rings (SSSR count). The molecule has 0 aliphatic carbocycles. The Hall–Kier alpha value is -2.61. The lowest BCUT2D eigenvalue weighted by Crippen LogP contribution is -2.15. The van der Waals surface area contributed by atoms with Gasteiger partial charge in [0.1, 0.15) is 5.82 Å². The first-order chi connectivity index (χ1) is 11.5. The van der Waals surface area contributed by atoms with E-state index in [1.165, 1.54) is 18.7 Å². The molecule has 0 saturated heterocycles. The van der Waals surface area contributed by atoms with Crippen molar-refractivity contribution in [3.05, 3.63) is 42.7 Å². The van der Waals surface area contributed by atoms with Crippen LogP contribution in [-0.2, 0) is 16.1 Å². The summed E-state index contributed by atoms with van der Waals surface area (Å²) in [6, 6.07) is 6.93. The third kappa shape index (κ3) is 4.95. The number of benzene rings is 1. The van der Waals surface area contributed by atoms with Crippen molar-refractivity contribution in [1.82, 2.24) is 14.8 Å². The fraction of sp³-hybridized carbons (Fsp3) is 0.250. The van der Waals surface area contributed by atoms with Crippen LogP contribution in [0.1, 0.15) is 12.7 Å². The van der Waals surface area contributed by atoms with Gasteiger partial charge in [0.15, 0.2) is 5.16 Å². The number of allylic oxidation sites excluding steroid dienone is 1. The van der Waals surface area contributed by atoms with Crippen LogP contribution in [0.15, 0.2) is 42.1 Å². The van der Waals surface area contributed by atoms with E-state index < -0.39 is 0 Å². The first-order valence-corrected chi connectivity index (χ1v) is 8.29. The van der Waals surface area contributed by atoms with Crippen LogP contribution in [-0.4, -0.2) is 32.3 Å². The molecule has 0 spiro atoms. The number of thioether (sulfide) groups is 1. The first-order valence-electron chi connectivity index (χ1n) is 7.30. The summed E-state index contributed by atoms with van der Waals surface area (Å²) in [4.78, 5) is 23.0. The molecule has 2 N–H and O–H groups in total. The van der Waals surface area contributed by atoms with E-state index in [-0.39, 0.29) is 17.6 Å². The molecule has 0 saturated carbocycles. The van der Waals surface area contributed by atoms with Gasteiger partial charge in [-0.1, -0.05) is 17.8 Å². The molecule has 0 bridgehead atoms. The predicted molar refractivity (Wildman–Crippen MR) is 95.1 cm³/mol. The summed E-state index contributed by atoms with van der Waals surface area (Å²) < 4.78 is 1.90. The van der Waals surface area contributed by atoms with E-state index in [1.807, 2.05) is 11.5 Å². The Morgan fingerprint density at radius 3 is 2.42 bits per heavy atom. The zero-order valence-corrected chi connectivity index (χ0v) is 14.4. The van der Waals surface area contributed by atoms with Crippen molar-refractivity contribution in [3.63, 3.8) is 0 Å². The molecule has 0 radical (unpaired) electrons. The standard InChI is InChI=1S/C16H19N5O2S/c1-4-9-21-11(2)19-20-16(21)24-10-15(23)18-14-7-5-13(6-8-14)17-12(3)22/h4-8H,1,9-10H2,2-3H3,(H,17,22)(H,18,23). The number of amides is 2. The highest BCUT2D eigenvalue weighted by atomic mass is 32.2. The summed E-state index contributed by atoms with van der Waals surface area (Å²) in [5.41, 5.74) is 1.35. The van der Waals surface area contributed by atoms with Gasteiger partial charge < -0.3 is 15.2 Å². The number of nitrogens with zero attached hydrogens (tertiary/aromatic N) is 3. The number of hydrogen-bond donors (Lipinski definition) is 2. The zero-order chi connectivity index (χ0) is 17.5. The van der Waals surface area contributed by atoms with Gasteiger partial charge >= 0.3 is 0 Å². The zero-order valence-electron chi connectivity index (χ0n) is 13.6. The molecule has 0 unspecified atom stereocenters. The van der Waals surface area contributed by atoms with Crippen LogP contribution in [0, 0.1) is 6.92 Å². The van der Waals surface area contributed by atoms with Gasteiger partial charge in [-0.3, -0.25) is 9.59 Å². The highest BCUT2D eigenvalue weighted by molar-refractivity contribution is 7.99. The van der Waals surface area contributed by atoms with Gasteiger partial charge in [0, 0.05) is 24.8 Å².